The number of amides is 2. The van der Waals surface area contributed by atoms with Gasteiger partial charge in [-0.25, -0.2) is 0 Å². The lowest BCUT2D eigenvalue weighted by atomic mass is 9.95. The second-order valence-electron chi connectivity index (χ2n) is 5.84. The predicted octanol–water partition coefficient (Wildman–Crippen LogP) is 1.79. The van der Waals surface area contributed by atoms with Crippen molar-refractivity contribution in [3.8, 4) is 11.5 Å². The Morgan fingerprint density at radius 2 is 1.69 bits per heavy atom. The molecule has 1 atom stereocenters. The fourth-order valence-electron chi connectivity index (χ4n) is 2.37. The zero-order valence-corrected chi connectivity index (χ0v) is 16.7. The maximum Gasteiger partial charge on any atom is 0.239 e. The molecule has 1 aromatic carbocycles. The van der Waals surface area contributed by atoms with Gasteiger partial charge in [0.15, 0.2) is 11.5 Å². The third-order valence-electron chi connectivity index (χ3n) is 3.54. The van der Waals surface area contributed by atoms with Gasteiger partial charge in [0.2, 0.25) is 11.8 Å². The molecule has 0 fully saturated rings. The minimum atomic E-state index is -0.365. The third-order valence-corrected chi connectivity index (χ3v) is 3.54. The third kappa shape index (κ3) is 7.49. The molecule has 1 unspecified atom stereocenters. The predicted molar refractivity (Wildman–Crippen MR) is 104 cm³/mol. The van der Waals surface area contributed by atoms with E-state index in [4.69, 9.17) is 15.2 Å². The van der Waals surface area contributed by atoms with Crippen molar-refractivity contribution in [1.29, 1.82) is 0 Å². The van der Waals surface area contributed by atoms with E-state index >= 15 is 0 Å². The highest BCUT2D eigenvalue weighted by molar-refractivity contribution is 5.86. The fraction of sp³-hybridized carbons (Fsp3) is 0.556. The minimum absolute atomic E-state index is 0. The van der Waals surface area contributed by atoms with Crippen molar-refractivity contribution in [2.45, 2.75) is 33.7 Å². The Morgan fingerprint density at radius 3 is 2.23 bits per heavy atom. The van der Waals surface area contributed by atoms with Gasteiger partial charge >= 0.3 is 0 Å². The summed E-state index contributed by atoms with van der Waals surface area (Å²) < 4.78 is 11.2. The summed E-state index contributed by atoms with van der Waals surface area (Å²) in [6.07, 6.45) is 0. The first kappa shape index (κ1) is 24.0. The first-order valence-corrected chi connectivity index (χ1v) is 8.58. The molecule has 1 aromatic rings. The van der Waals surface area contributed by atoms with Gasteiger partial charge in [0.05, 0.1) is 32.3 Å². The lowest BCUT2D eigenvalue weighted by Gasteiger charge is -2.24. The highest BCUT2D eigenvalue weighted by Crippen LogP contribution is 2.32. The van der Waals surface area contributed by atoms with Gasteiger partial charge in [-0.2, -0.15) is 0 Å². The molecule has 0 heterocycles. The molecule has 0 aromatic heterocycles. The monoisotopic (exact) mass is 387 g/mol. The quantitative estimate of drug-likeness (QED) is 0.568. The smallest absolute Gasteiger partial charge is 0.239 e. The van der Waals surface area contributed by atoms with Crippen molar-refractivity contribution in [1.82, 2.24) is 10.6 Å². The van der Waals surface area contributed by atoms with Crippen LogP contribution in [0.3, 0.4) is 0 Å². The molecule has 2 amide bonds. The molecule has 1 rings (SSSR count). The number of carbonyl (C=O) groups excluding carboxylic acids is 2. The van der Waals surface area contributed by atoms with E-state index < -0.39 is 0 Å². The Balaban J connectivity index is 0.00000625. The molecule has 0 saturated heterocycles. The van der Waals surface area contributed by atoms with Crippen molar-refractivity contribution in [2.75, 3.05) is 26.3 Å². The zero-order chi connectivity index (χ0) is 18.8. The number of carbonyl (C=O) groups is 2. The van der Waals surface area contributed by atoms with Crippen LogP contribution in [0.5, 0.6) is 11.5 Å². The highest BCUT2D eigenvalue weighted by atomic mass is 35.5. The second-order valence-corrected chi connectivity index (χ2v) is 5.84. The van der Waals surface area contributed by atoms with Crippen LogP contribution in [0, 0.1) is 5.92 Å². The molecular formula is C18H30ClN3O4. The number of benzene rings is 1. The van der Waals surface area contributed by atoms with Crippen LogP contribution in [0.4, 0.5) is 0 Å². The van der Waals surface area contributed by atoms with Crippen LogP contribution in [-0.4, -0.2) is 38.1 Å². The lowest BCUT2D eigenvalue weighted by Crippen LogP contribution is -2.41. The van der Waals surface area contributed by atoms with Crippen molar-refractivity contribution < 1.29 is 19.1 Å². The van der Waals surface area contributed by atoms with E-state index in [0.717, 1.165) is 5.56 Å². The Morgan fingerprint density at radius 1 is 1.08 bits per heavy atom. The maximum absolute atomic E-state index is 12.1. The largest absolute Gasteiger partial charge is 0.490 e. The number of nitrogens with two attached hydrogens (primary N) is 1. The fourth-order valence-corrected chi connectivity index (χ4v) is 2.37. The molecule has 0 radical (unpaired) electrons. The molecule has 0 aliphatic heterocycles. The number of hydrogen-bond acceptors (Lipinski definition) is 5. The van der Waals surface area contributed by atoms with Gasteiger partial charge in [-0.05, 0) is 37.5 Å². The first-order chi connectivity index (χ1) is 11.9. The standard InChI is InChI=1S/C18H29N3O4.ClH/c1-5-24-14-8-7-13(9-15(14)25-6-2)18(12(3)4)21-17(23)11-20-16(22)10-19;/h7-9,12,18H,5-6,10-11,19H2,1-4H3,(H,20,22)(H,21,23);1H. The average Bonchev–Trinajstić information content (AvgIpc) is 2.59. The topological polar surface area (TPSA) is 103 Å². The van der Waals surface area contributed by atoms with Crippen LogP contribution < -0.4 is 25.8 Å². The first-order valence-electron chi connectivity index (χ1n) is 8.58. The van der Waals surface area contributed by atoms with Gasteiger partial charge < -0.3 is 25.8 Å². The Hall–Kier alpha value is -1.99. The van der Waals surface area contributed by atoms with E-state index in [0.29, 0.717) is 24.7 Å². The van der Waals surface area contributed by atoms with Crippen LogP contribution in [0.1, 0.15) is 39.3 Å². The molecule has 0 aliphatic carbocycles. The van der Waals surface area contributed by atoms with E-state index in [-0.39, 0.29) is 49.3 Å². The molecule has 148 valence electrons. The number of halogens is 1. The summed E-state index contributed by atoms with van der Waals surface area (Å²) in [4.78, 5) is 23.3. The summed E-state index contributed by atoms with van der Waals surface area (Å²) in [5, 5.41) is 5.41. The van der Waals surface area contributed by atoms with Crippen molar-refractivity contribution in [2.24, 2.45) is 11.7 Å². The van der Waals surface area contributed by atoms with Crippen LogP contribution in [0.15, 0.2) is 18.2 Å². The number of hydrogen-bond donors (Lipinski definition) is 3. The maximum atomic E-state index is 12.1. The molecule has 4 N–H and O–H groups in total. The summed E-state index contributed by atoms with van der Waals surface area (Å²) in [5.41, 5.74) is 6.13. The lowest BCUT2D eigenvalue weighted by molar-refractivity contribution is -0.126. The Labute approximate surface area is 161 Å². The van der Waals surface area contributed by atoms with Crippen molar-refractivity contribution in [3.05, 3.63) is 23.8 Å². The summed E-state index contributed by atoms with van der Waals surface area (Å²) in [7, 11) is 0. The number of rotatable bonds is 10. The number of nitrogens with one attached hydrogen (secondary N) is 2. The van der Waals surface area contributed by atoms with Gasteiger partial charge in [-0.3, -0.25) is 9.59 Å². The van der Waals surface area contributed by atoms with Gasteiger partial charge in [0.1, 0.15) is 0 Å². The van der Waals surface area contributed by atoms with Gasteiger partial charge in [-0.15, -0.1) is 12.4 Å². The Kier molecular flexibility index (Phi) is 11.4. The van der Waals surface area contributed by atoms with E-state index in [9.17, 15) is 9.59 Å². The van der Waals surface area contributed by atoms with E-state index in [2.05, 4.69) is 10.6 Å². The van der Waals surface area contributed by atoms with E-state index in [1.54, 1.807) is 0 Å². The minimum Gasteiger partial charge on any atom is -0.490 e. The van der Waals surface area contributed by atoms with E-state index in [1.807, 2.05) is 45.9 Å². The summed E-state index contributed by atoms with van der Waals surface area (Å²) in [6, 6.07) is 5.44. The van der Waals surface area contributed by atoms with Crippen molar-refractivity contribution >= 4 is 24.2 Å². The van der Waals surface area contributed by atoms with Gasteiger partial charge in [-0.1, -0.05) is 19.9 Å². The molecule has 7 nitrogen and oxygen atoms in total. The zero-order valence-electron chi connectivity index (χ0n) is 15.8. The van der Waals surface area contributed by atoms with Gasteiger partial charge in [0, 0.05) is 0 Å². The molecule has 0 saturated carbocycles. The molecule has 8 heteroatoms. The Bertz CT molecular complexity index is 582. The van der Waals surface area contributed by atoms with E-state index in [1.165, 1.54) is 0 Å². The average molecular weight is 388 g/mol. The van der Waals surface area contributed by atoms with Gasteiger partial charge in [0.25, 0.3) is 0 Å². The summed E-state index contributed by atoms with van der Waals surface area (Å²) in [5.74, 6) is 0.847. The molecular weight excluding hydrogens is 358 g/mol. The molecule has 26 heavy (non-hydrogen) atoms. The van der Waals surface area contributed by atoms with Crippen LogP contribution >= 0.6 is 12.4 Å². The van der Waals surface area contributed by atoms with Crippen LogP contribution in [0.2, 0.25) is 0 Å². The van der Waals surface area contributed by atoms with Crippen LogP contribution in [-0.2, 0) is 9.59 Å². The number of ether oxygens (including phenoxy) is 2. The van der Waals surface area contributed by atoms with Crippen molar-refractivity contribution in [3.63, 3.8) is 0 Å². The molecule has 0 spiro atoms. The summed E-state index contributed by atoms with van der Waals surface area (Å²) in [6.45, 7) is 8.67. The molecule has 0 bridgehead atoms. The van der Waals surface area contributed by atoms with Crippen LogP contribution in [0.25, 0.3) is 0 Å². The SMILES string of the molecule is CCOc1ccc(C(NC(=O)CNC(=O)CN)C(C)C)cc1OCC.Cl. The normalized spacial score (nSPS) is 11.3. The molecule has 0 aliphatic rings. The highest BCUT2D eigenvalue weighted by Gasteiger charge is 2.20. The second kappa shape index (κ2) is 12.4. The summed E-state index contributed by atoms with van der Waals surface area (Å²) >= 11 is 0.